The molecule has 2 aromatic rings. The summed E-state index contributed by atoms with van der Waals surface area (Å²) in [5, 5.41) is 4.56. The van der Waals surface area contributed by atoms with Crippen LogP contribution in [0.2, 0.25) is 0 Å². The maximum absolute atomic E-state index is 5.59. The second kappa shape index (κ2) is 5.00. The fourth-order valence-electron chi connectivity index (χ4n) is 2.49. The van der Waals surface area contributed by atoms with Crippen LogP contribution in [-0.4, -0.2) is 44.8 Å². The van der Waals surface area contributed by atoms with Crippen molar-refractivity contribution >= 4 is 16.7 Å². The van der Waals surface area contributed by atoms with Crippen LogP contribution in [0.5, 0.6) is 0 Å². The molecular formula is C14H19N3O. The fourth-order valence-corrected chi connectivity index (χ4v) is 2.49. The first kappa shape index (κ1) is 11.6. The topological polar surface area (TPSA) is 31.6 Å². The van der Waals surface area contributed by atoms with Crippen LogP contribution < -0.4 is 10.2 Å². The average Bonchev–Trinajstić information content (AvgIpc) is 2.84. The minimum Gasteiger partial charge on any atom is -0.462 e. The Labute approximate surface area is 107 Å². The summed E-state index contributed by atoms with van der Waals surface area (Å²) in [5.74, 6) is 0. The number of para-hydroxylation sites is 1. The number of nitrogens with zero attached hydrogens (tertiary/aromatic N) is 2. The summed E-state index contributed by atoms with van der Waals surface area (Å²) in [7, 11) is 2.12. The van der Waals surface area contributed by atoms with Crippen LogP contribution in [0.25, 0.3) is 11.0 Å². The number of nitrogens with one attached hydrogen (secondary N) is 1. The minimum absolute atomic E-state index is 0.950. The van der Waals surface area contributed by atoms with E-state index in [2.05, 4.69) is 34.3 Å². The van der Waals surface area contributed by atoms with Gasteiger partial charge in [-0.05, 0) is 12.1 Å². The van der Waals surface area contributed by atoms with Crippen molar-refractivity contribution in [2.45, 2.75) is 0 Å². The van der Waals surface area contributed by atoms with Crippen molar-refractivity contribution in [2.24, 2.45) is 0 Å². The minimum atomic E-state index is 0.950. The molecule has 3 rings (SSSR count). The fraction of sp³-hybridized carbons (Fsp3) is 0.429. The molecule has 1 N–H and O–H groups in total. The van der Waals surface area contributed by atoms with Crippen LogP contribution in [0, 0.1) is 0 Å². The van der Waals surface area contributed by atoms with E-state index in [-0.39, 0.29) is 0 Å². The van der Waals surface area contributed by atoms with Gasteiger partial charge < -0.3 is 14.6 Å². The SMILES string of the molecule is CN(CN1CCNCC1)c1coc2ccccc12. The third kappa shape index (κ3) is 2.21. The van der Waals surface area contributed by atoms with E-state index < -0.39 is 0 Å². The van der Waals surface area contributed by atoms with Crippen LogP contribution in [0.1, 0.15) is 0 Å². The number of furan rings is 1. The van der Waals surface area contributed by atoms with Gasteiger partial charge in [-0.1, -0.05) is 12.1 Å². The quantitative estimate of drug-likeness (QED) is 0.892. The lowest BCUT2D eigenvalue weighted by Gasteiger charge is -2.31. The van der Waals surface area contributed by atoms with Crippen LogP contribution in [0.15, 0.2) is 34.9 Å². The zero-order valence-corrected chi connectivity index (χ0v) is 10.7. The largest absolute Gasteiger partial charge is 0.462 e. The van der Waals surface area contributed by atoms with Crippen LogP contribution in [0.4, 0.5) is 5.69 Å². The van der Waals surface area contributed by atoms with Gasteiger partial charge in [0.1, 0.15) is 11.8 Å². The molecule has 0 spiro atoms. The van der Waals surface area contributed by atoms with E-state index in [0.29, 0.717) is 0 Å². The lowest BCUT2D eigenvalue weighted by Crippen LogP contribution is -2.47. The monoisotopic (exact) mass is 245 g/mol. The van der Waals surface area contributed by atoms with Crippen LogP contribution in [0.3, 0.4) is 0 Å². The van der Waals surface area contributed by atoms with Crippen LogP contribution in [-0.2, 0) is 0 Å². The van der Waals surface area contributed by atoms with E-state index in [1.54, 1.807) is 0 Å². The van der Waals surface area contributed by atoms with Gasteiger partial charge in [0.05, 0.1) is 12.4 Å². The highest BCUT2D eigenvalue weighted by molar-refractivity contribution is 5.90. The Balaban J connectivity index is 1.76. The smallest absolute Gasteiger partial charge is 0.136 e. The molecule has 0 radical (unpaired) electrons. The molecule has 0 aliphatic carbocycles. The molecule has 0 saturated carbocycles. The summed E-state index contributed by atoms with van der Waals surface area (Å²) in [6.45, 7) is 5.34. The van der Waals surface area contributed by atoms with Crippen LogP contribution >= 0.6 is 0 Å². The predicted molar refractivity (Wildman–Crippen MR) is 73.9 cm³/mol. The number of hydrogen-bond acceptors (Lipinski definition) is 4. The lowest BCUT2D eigenvalue weighted by atomic mass is 10.2. The van der Waals surface area contributed by atoms with Gasteiger partial charge in [0.15, 0.2) is 0 Å². The molecule has 4 nitrogen and oxygen atoms in total. The Hall–Kier alpha value is -1.52. The standard InChI is InChI=1S/C14H19N3O/c1-16(11-17-8-6-15-7-9-17)13-10-18-14-5-3-2-4-12(13)14/h2-5,10,15H,6-9,11H2,1H3. The third-order valence-corrected chi connectivity index (χ3v) is 3.49. The van der Waals surface area contributed by atoms with Gasteiger partial charge in [-0.2, -0.15) is 0 Å². The van der Waals surface area contributed by atoms with Gasteiger partial charge >= 0.3 is 0 Å². The second-order valence-electron chi connectivity index (χ2n) is 4.82. The second-order valence-corrected chi connectivity index (χ2v) is 4.82. The molecule has 0 atom stereocenters. The Kier molecular flexibility index (Phi) is 3.21. The highest BCUT2D eigenvalue weighted by Crippen LogP contribution is 2.28. The first-order valence-corrected chi connectivity index (χ1v) is 6.45. The molecule has 2 heterocycles. The molecule has 1 aliphatic rings. The first-order chi connectivity index (χ1) is 8.84. The summed E-state index contributed by atoms with van der Waals surface area (Å²) in [6.07, 6.45) is 1.85. The van der Waals surface area contributed by atoms with Crippen molar-refractivity contribution in [2.75, 3.05) is 44.8 Å². The number of benzene rings is 1. The van der Waals surface area contributed by atoms with E-state index in [9.17, 15) is 0 Å². The first-order valence-electron chi connectivity index (χ1n) is 6.45. The van der Waals surface area contributed by atoms with Gasteiger partial charge in [0.25, 0.3) is 0 Å². The van der Waals surface area contributed by atoms with E-state index in [1.165, 1.54) is 11.1 Å². The van der Waals surface area contributed by atoms with E-state index in [0.717, 1.165) is 38.4 Å². The van der Waals surface area contributed by atoms with E-state index in [4.69, 9.17) is 4.42 Å². The molecule has 0 amide bonds. The average molecular weight is 245 g/mol. The van der Waals surface area contributed by atoms with Gasteiger partial charge in [-0.25, -0.2) is 0 Å². The number of fused-ring (bicyclic) bond motifs is 1. The van der Waals surface area contributed by atoms with Crippen molar-refractivity contribution < 1.29 is 4.42 Å². The Morgan fingerprint density at radius 1 is 1.28 bits per heavy atom. The summed E-state index contributed by atoms with van der Waals surface area (Å²) < 4.78 is 5.59. The zero-order chi connectivity index (χ0) is 12.4. The molecule has 1 fully saturated rings. The van der Waals surface area contributed by atoms with Gasteiger partial charge in [-0.3, -0.25) is 4.90 Å². The lowest BCUT2D eigenvalue weighted by molar-refractivity contribution is 0.243. The Bertz CT molecular complexity index is 516. The molecular weight excluding hydrogens is 226 g/mol. The summed E-state index contributed by atoms with van der Waals surface area (Å²) in [4.78, 5) is 4.72. The molecule has 0 unspecified atom stereocenters. The molecule has 1 aliphatic heterocycles. The highest BCUT2D eigenvalue weighted by atomic mass is 16.3. The summed E-state index contributed by atoms with van der Waals surface area (Å²) >= 11 is 0. The van der Waals surface area contributed by atoms with Crippen molar-refractivity contribution in [1.29, 1.82) is 0 Å². The molecule has 0 bridgehead atoms. The third-order valence-electron chi connectivity index (χ3n) is 3.49. The normalized spacial score (nSPS) is 17.2. The van der Waals surface area contributed by atoms with Gasteiger partial charge in [0.2, 0.25) is 0 Å². The molecule has 1 aromatic heterocycles. The number of rotatable bonds is 3. The van der Waals surface area contributed by atoms with E-state index >= 15 is 0 Å². The van der Waals surface area contributed by atoms with Crippen molar-refractivity contribution in [3.05, 3.63) is 30.5 Å². The Morgan fingerprint density at radius 3 is 2.89 bits per heavy atom. The summed E-state index contributed by atoms with van der Waals surface area (Å²) in [6, 6.07) is 8.19. The maximum atomic E-state index is 5.59. The van der Waals surface area contributed by atoms with Gasteiger partial charge in [-0.15, -0.1) is 0 Å². The Morgan fingerprint density at radius 2 is 2.06 bits per heavy atom. The number of piperazine rings is 1. The van der Waals surface area contributed by atoms with Gasteiger partial charge in [0, 0.05) is 38.6 Å². The molecule has 18 heavy (non-hydrogen) atoms. The summed E-state index contributed by atoms with van der Waals surface area (Å²) in [5.41, 5.74) is 2.13. The molecule has 1 aromatic carbocycles. The number of hydrogen-bond donors (Lipinski definition) is 1. The van der Waals surface area contributed by atoms with E-state index in [1.807, 2.05) is 18.4 Å². The molecule has 1 saturated heterocycles. The van der Waals surface area contributed by atoms with Crippen molar-refractivity contribution in [1.82, 2.24) is 10.2 Å². The highest BCUT2D eigenvalue weighted by Gasteiger charge is 2.14. The molecule has 96 valence electrons. The molecule has 4 heteroatoms. The van der Waals surface area contributed by atoms with Crippen molar-refractivity contribution in [3.63, 3.8) is 0 Å². The number of anilines is 1. The maximum Gasteiger partial charge on any atom is 0.136 e. The van der Waals surface area contributed by atoms with Crippen molar-refractivity contribution in [3.8, 4) is 0 Å². The zero-order valence-electron chi connectivity index (χ0n) is 10.7. The predicted octanol–water partition coefficient (Wildman–Crippen LogP) is 1.73.